The molecular formula is C24H28N2O7Si. The molecule has 2 aliphatic heterocycles. The van der Waals surface area contributed by atoms with E-state index in [0.29, 0.717) is 22.9 Å². The van der Waals surface area contributed by atoms with Crippen molar-refractivity contribution in [3.8, 4) is 5.88 Å². The van der Waals surface area contributed by atoms with E-state index >= 15 is 0 Å². The Morgan fingerprint density at radius 3 is 2.62 bits per heavy atom. The van der Waals surface area contributed by atoms with Crippen LogP contribution in [0.2, 0.25) is 19.6 Å². The second-order valence-electron chi connectivity index (χ2n) is 9.55. The van der Waals surface area contributed by atoms with E-state index in [1.165, 1.54) is 17.0 Å². The molecule has 0 aliphatic carbocycles. The Hall–Kier alpha value is -3.37. The third kappa shape index (κ3) is 3.92. The quantitative estimate of drug-likeness (QED) is 0.266. The molecule has 0 spiro atoms. The Labute approximate surface area is 198 Å². The molecule has 1 saturated heterocycles. The first-order valence-electron chi connectivity index (χ1n) is 11.0. The summed E-state index contributed by atoms with van der Waals surface area (Å²) in [5.41, 5.74) is 1.61. The van der Waals surface area contributed by atoms with Crippen LogP contribution in [-0.2, 0) is 18.8 Å². The van der Waals surface area contributed by atoms with E-state index < -0.39 is 26.3 Å². The van der Waals surface area contributed by atoms with E-state index in [1.54, 1.807) is 18.2 Å². The van der Waals surface area contributed by atoms with Gasteiger partial charge < -0.3 is 24.3 Å². The normalized spacial score (nSPS) is 20.8. The van der Waals surface area contributed by atoms with Crippen molar-refractivity contribution in [1.29, 1.82) is 0 Å². The van der Waals surface area contributed by atoms with Crippen LogP contribution in [0.1, 0.15) is 18.9 Å². The molecule has 1 fully saturated rings. The van der Waals surface area contributed by atoms with Crippen LogP contribution in [0.5, 0.6) is 5.88 Å². The van der Waals surface area contributed by atoms with Crippen LogP contribution in [0.25, 0.3) is 16.5 Å². The van der Waals surface area contributed by atoms with Crippen LogP contribution < -0.4 is 0 Å². The van der Waals surface area contributed by atoms with Crippen molar-refractivity contribution in [2.24, 2.45) is 5.92 Å². The Morgan fingerprint density at radius 2 is 2.00 bits per heavy atom. The van der Waals surface area contributed by atoms with Gasteiger partial charge in [0.15, 0.2) is 8.32 Å². The van der Waals surface area contributed by atoms with E-state index in [9.17, 15) is 24.6 Å². The number of ether oxygens (including phenoxy) is 1. The monoisotopic (exact) mass is 484 g/mol. The lowest BCUT2D eigenvalue weighted by molar-refractivity contribution is -0.161. The number of carbonyl (C=O) groups excluding carboxylic acids is 2. The first kappa shape index (κ1) is 23.8. The summed E-state index contributed by atoms with van der Waals surface area (Å²) in [6.45, 7) is 11.6. The number of carbonyl (C=O) groups is 3. The molecule has 3 heterocycles. The molecule has 180 valence electrons. The van der Waals surface area contributed by atoms with E-state index in [-0.39, 0.29) is 41.8 Å². The number of esters is 1. The zero-order valence-electron chi connectivity index (χ0n) is 19.6. The van der Waals surface area contributed by atoms with Gasteiger partial charge >= 0.3 is 12.1 Å². The van der Waals surface area contributed by atoms with Crippen molar-refractivity contribution >= 4 is 42.8 Å². The number of aromatic nitrogens is 1. The van der Waals surface area contributed by atoms with Crippen molar-refractivity contribution in [2.45, 2.75) is 45.1 Å². The fraction of sp³-hybridized carbons (Fsp3) is 0.375. The Kier molecular flexibility index (Phi) is 5.90. The van der Waals surface area contributed by atoms with Crippen LogP contribution in [0, 0.1) is 5.92 Å². The molecule has 0 unspecified atom stereocenters. The molecule has 9 nitrogen and oxygen atoms in total. The van der Waals surface area contributed by atoms with Gasteiger partial charge in [0.05, 0.1) is 23.6 Å². The van der Waals surface area contributed by atoms with E-state index in [4.69, 9.17) is 9.16 Å². The van der Waals surface area contributed by atoms with Crippen LogP contribution in [0.3, 0.4) is 0 Å². The molecule has 10 heteroatoms. The third-order valence-electron chi connectivity index (χ3n) is 6.10. The Balaban J connectivity index is 1.77. The second-order valence-corrected chi connectivity index (χ2v) is 14.0. The number of fused-ring (bicyclic) bond motifs is 2. The molecule has 0 radical (unpaired) electrons. The van der Waals surface area contributed by atoms with Crippen LogP contribution in [-0.4, -0.2) is 64.7 Å². The summed E-state index contributed by atoms with van der Waals surface area (Å²) < 4.78 is 12.2. The molecule has 2 aromatic rings. The number of benzene rings is 1. The van der Waals surface area contributed by atoms with Gasteiger partial charge in [0, 0.05) is 11.5 Å². The number of aromatic hydroxyl groups is 1. The molecule has 1 aromatic heterocycles. The zero-order valence-corrected chi connectivity index (χ0v) is 20.6. The van der Waals surface area contributed by atoms with Crippen molar-refractivity contribution in [1.82, 2.24) is 9.47 Å². The fourth-order valence-corrected chi connectivity index (χ4v) is 6.17. The smallest absolute Gasteiger partial charge is 0.418 e. The lowest BCUT2D eigenvalue weighted by atomic mass is 9.82. The number of rotatable bonds is 7. The lowest BCUT2D eigenvalue weighted by Crippen LogP contribution is -2.63. The maximum Gasteiger partial charge on any atom is 0.418 e. The average Bonchev–Trinajstić information content (AvgIpc) is 3.24. The number of β-lactam (4-membered cyclic amide) rings is 1. The van der Waals surface area contributed by atoms with Gasteiger partial charge in [-0.15, -0.1) is 0 Å². The Bertz CT molecular complexity index is 1240. The van der Waals surface area contributed by atoms with Gasteiger partial charge in [0.2, 0.25) is 11.8 Å². The highest BCUT2D eigenvalue weighted by atomic mass is 28.4. The van der Waals surface area contributed by atoms with E-state index in [1.807, 2.05) is 6.92 Å². The first-order valence-corrected chi connectivity index (χ1v) is 14.5. The summed E-state index contributed by atoms with van der Waals surface area (Å²) in [4.78, 5) is 39.3. The van der Waals surface area contributed by atoms with E-state index in [0.717, 1.165) is 4.57 Å². The summed E-state index contributed by atoms with van der Waals surface area (Å²) >= 11 is 0. The molecule has 0 saturated carbocycles. The zero-order chi connectivity index (χ0) is 24.9. The van der Waals surface area contributed by atoms with Gasteiger partial charge in [-0.25, -0.2) is 14.2 Å². The van der Waals surface area contributed by atoms with Crippen LogP contribution in [0.4, 0.5) is 4.79 Å². The highest BCUT2D eigenvalue weighted by Crippen LogP contribution is 2.48. The number of carboxylic acid groups (broad SMARTS) is 1. The molecule has 2 N–H and O–H groups in total. The summed E-state index contributed by atoms with van der Waals surface area (Å²) in [7, 11) is -1.89. The molecule has 2 aliphatic rings. The van der Waals surface area contributed by atoms with Crippen molar-refractivity contribution < 1.29 is 33.8 Å². The largest absolute Gasteiger partial charge is 0.494 e. The number of nitrogens with zero attached hydrogens (tertiary/aromatic N) is 2. The number of hydrogen-bond donors (Lipinski definition) is 2. The van der Waals surface area contributed by atoms with Gasteiger partial charge in [0.25, 0.3) is 0 Å². The van der Waals surface area contributed by atoms with Gasteiger partial charge in [-0.05, 0) is 50.2 Å². The number of amides is 1. The minimum absolute atomic E-state index is 0.00432. The average molecular weight is 485 g/mol. The van der Waals surface area contributed by atoms with Crippen molar-refractivity contribution in [3.63, 3.8) is 0 Å². The number of hydrogen-bond acceptors (Lipinski definition) is 6. The van der Waals surface area contributed by atoms with Gasteiger partial charge in [0.1, 0.15) is 12.3 Å². The molecular weight excluding hydrogens is 456 g/mol. The van der Waals surface area contributed by atoms with Gasteiger partial charge in [-0.3, -0.25) is 4.79 Å². The molecule has 1 aromatic carbocycles. The highest BCUT2D eigenvalue weighted by Gasteiger charge is 2.57. The maximum atomic E-state index is 13.2. The molecule has 3 atom stereocenters. The topological polar surface area (TPSA) is 118 Å². The summed E-state index contributed by atoms with van der Waals surface area (Å²) in [6, 6.07) is 6.13. The molecule has 34 heavy (non-hydrogen) atoms. The predicted octanol–water partition coefficient (Wildman–Crippen LogP) is 3.78. The van der Waals surface area contributed by atoms with Crippen LogP contribution >= 0.6 is 0 Å². The van der Waals surface area contributed by atoms with Crippen molar-refractivity contribution in [3.05, 3.63) is 48.2 Å². The minimum atomic E-state index is -1.89. The summed E-state index contributed by atoms with van der Waals surface area (Å²) in [6.07, 6.45) is 0.226. The minimum Gasteiger partial charge on any atom is -0.494 e. The van der Waals surface area contributed by atoms with E-state index in [2.05, 4.69) is 26.2 Å². The maximum absolute atomic E-state index is 13.2. The van der Waals surface area contributed by atoms with Gasteiger partial charge in [-0.2, -0.15) is 0 Å². The predicted molar refractivity (Wildman–Crippen MR) is 128 cm³/mol. The summed E-state index contributed by atoms with van der Waals surface area (Å²) in [5.74, 6) is -1.62. The Morgan fingerprint density at radius 1 is 1.29 bits per heavy atom. The molecule has 1 amide bonds. The highest BCUT2D eigenvalue weighted by molar-refractivity contribution is 6.69. The fourth-order valence-electron chi connectivity index (χ4n) is 4.91. The summed E-state index contributed by atoms with van der Waals surface area (Å²) in [5, 5.41) is 20.1. The second kappa shape index (κ2) is 8.44. The van der Waals surface area contributed by atoms with Gasteiger partial charge in [-0.1, -0.05) is 24.8 Å². The SMILES string of the molecule is C=CCOC(=O)C1=C(c2ccc3cc(O)n(C(=O)O)c3c2)C[C@@H]2[C@@H]([C@@H](C)O[Si](C)(C)C)C(=O)N12. The molecule has 4 rings (SSSR count). The van der Waals surface area contributed by atoms with Crippen molar-refractivity contribution in [2.75, 3.05) is 6.61 Å². The standard InChI is InChI=1S/C24H28N2O7Si/c1-6-9-32-23(29)21-16(12-18-20(22(28)26(18)21)13(2)33-34(3,4)5)14-7-8-15-11-19(27)25(24(30)31)17(15)10-14/h6-8,10-11,13,18,20,27H,1,9,12H2,2-5H3,(H,30,31)/t13-,18-,20-/m1/s1. The first-order chi connectivity index (χ1) is 15.9. The third-order valence-corrected chi connectivity index (χ3v) is 7.18. The van der Waals surface area contributed by atoms with Crippen LogP contribution in [0.15, 0.2) is 42.6 Å². The molecule has 0 bridgehead atoms. The lowest BCUT2D eigenvalue weighted by Gasteiger charge is -2.47.